The summed E-state index contributed by atoms with van der Waals surface area (Å²) in [5.41, 5.74) is 5.77. The minimum Gasteiger partial charge on any atom is -0.396 e. The van der Waals surface area contributed by atoms with Crippen LogP contribution in [0.25, 0.3) is 0 Å². The maximum Gasteiger partial charge on any atom is 0.243 e. The third-order valence-corrected chi connectivity index (χ3v) is 6.85. The summed E-state index contributed by atoms with van der Waals surface area (Å²) < 4.78 is 40.2. The number of thioether (sulfide) groups is 1. The van der Waals surface area contributed by atoms with Crippen molar-refractivity contribution in [3.63, 3.8) is 0 Å². The molecule has 1 aromatic rings. The van der Waals surface area contributed by atoms with Crippen molar-refractivity contribution in [3.05, 3.63) is 23.5 Å². The Morgan fingerprint density at radius 3 is 2.85 bits per heavy atom. The molecular formula is C13H19FN2O2S2. The summed E-state index contributed by atoms with van der Waals surface area (Å²) in [7, 11) is -3.60. The zero-order valence-electron chi connectivity index (χ0n) is 11.6. The van der Waals surface area contributed by atoms with E-state index in [1.165, 1.54) is 16.4 Å². The van der Waals surface area contributed by atoms with Crippen molar-refractivity contribution in [2.24, 2.45) is 0 Å². The van der Waals surface area contributed by atoms with Crippen molar-refractivity contribution >= 4 is 27.5 Å². The van der Waals surface area contributed by atoms with E-state index in [2.05, 4.69) is 6.92 Å². The van der Waals surface area contributed by atoms with E-state index in [0.717, 1.165) is 12.2 Å². The molecule has 0 amide bonds. The Kier molecular flexibility index (Phi) is 4.61. The first-order chi connectivity index (χ1) is 9.36. The monoisotopic (exact) mass is 318 g/mol. The van der Waals surface area contributed by atoms with Gasteiger partial charge in [-0.15, -0.1) is 0 Å². The number of aryl methyl sites for hydroxylation is 1. The Labute approximate surface area is 123 Å². The van der Waals surface area contributed by atoms with Crippen LogP contribution in [0.3, 0.4) is 0 Å². The summed E-state index contributed by atoms with van der Waals surface area (Å²) in [6.07, 6.45) is 0.932. The molecular weight excluding hydrogens is 299 g/mol. The minimum absolute atomic E-state index is 0.109. The average Bonchev–Trinajstić information content (AvgIpc) is 2.42. The number of nitrogens with zero attached hydrogens (tertiary/aromatic N) is 1. The fourth-order valence-electron chi connectivity index (χ4n) is 2.24. The highest BCUT2D eigenvalue weighted by molar-refractivity contribution is 8.00. The third kappa shape index (κ3) is 2.94. The van der Waals surface area contributed by atoms with Gasteiger partial charge in [-0.25, -0.2) is 12.8 Å². The summed E-state index contributed by atoms with van der Waals surface area (Å²) >= 11 is 1.80. The van der Waals surface area contributed by atoms with Crippen molar-refractivity contribution in [1.29, 1.82) is 0 Å². The molecule has 1 heterocycles. The van der Waals surface area contributed by atoms with Crippen LogP contribution < -0.4 is 5.73 Å². The lowest BCUT2D eigenvalue weighted by Gasteiger charge is -2.31. The molecule has 1 aromatic carbocycles. The van der Waals surface area contributed by atoms with E-state index in [1.807, 2.05) is 0 Å². The number of nitrogens with two attached hydrogens (primary N) is 1. The lowest BCUT2D eigenvalue weighted by molar-refractivity contribution is 0.415. The van der Waals surface area contributed by atoms with Gasteiger partial charge in [-0.05, 0) is 31.0 Å². The van der Waals surface area contributed by atoms with Gasteiger partial charge in [-0.3, -0.25) is 0 Å². The lowest BCUT2D eigenvalue weighted by Crippen LogP contribution is -2.41. The topological polar surface area (TPSA) is 63.4 Å². The second-order valence-corrected chi connectivity index (χ2v) is 8.22. The van der Waals surface area contributed by atoms with Gasteiger partial charge >= 0.3 is 0 Å². The van der Waals surface area contributed by atoms with E-state index in [-0.39, 0.29) is 10.6 Å². The zero-order chi connectivity index (χ0) is 14.9. The minimum atomic E-state index is -3.60. The number of anilines is 1. The SMILES string of the molecule is CCC1CN(S(=O)(=O)c2cc(N)c(F)cc2C)CCS1. The van der Waals surface area contributed by atoms with Crippen LogP contribution in [0.15, 0.2) is 17.0 Å². The van der Waals surface area contributed by atoms with Gasteiger partial charge < -0.3 is 5.73 Å². The number of sulfonamides is 1. The van der Waals surface area contributed by atoms with E-state index < -0.39 is 15.8 Å². The van der Waals surface area contributed by atoms with Gasteiger partial charge in [-0.1, -0.05) is 6.92 Å². The van der Waals surface area contributed by atoms with Crippen LogP contribution in [-0.4, -0.2) is 36.8 Å². The molecule has 112 valence electrons. The molecule has 1 fully saturated rings. The normalized spacial score (nSPS) is 21.1. The summed E-state index contributed by atoms with van der Waals surface area (Å²) in [6, 6.07) is 2.40. The summed E-state index contributed by atoms with van der Waals surface area (Å²) in [4.78, 5) is 0.109. The summed E-state index contributed by atoms with van der Waals surface area (Å²) in [5, 5.41) is 0.316. The molecule has 0 bridgehead atoms. The van der Waals surface area contributed by atoms with Crippen molar-refractivity contribution < 1.29 is 12.8 Å². The second kappa shape index (κ2) is 5.91. The molecule has 2 rings (SSSR count). The second-order valence-electron chi connectivity index (χ2n) is 4.90. The van der Waals surface area contributed by atoms with Crippen molar-refractivity contribution in [2.45, 2.75) is 30.4 Å². The Bertz CT molecular complexity index is 605. The Morgan fingerprint density at radius 1 is 1.50 bits per heavy atom. The van der Waals surface area contributed by atoms with Crippen LogP contribution in [0, 0.1) is 12.7 Å². The number of rotatable bonds is 3. The maximum absolute atomic E-state index is 13.4. The van der Waals surface area contributed by atoms with Crippen LogP contribution in [0.5, 0.6) is 0 Å². The first-order valence-electron chi connectivity index (χ1n) is 6.53. The van der Waals surface area contributed by atoms with Gasteiger partial charge in [-0.2, -0.15) is 16.1 Å². The Balaban J connectivity index is 2.37. The fourth-order valence-corrected chi connectivity index (χ4v) is 5.36. The van der Waals surface area contributed by atoms with Crippen molar-refractivity contribution in [1.82, 2.24) is 4.31 Å². The molecule has 0 radical (unpaired) electrons. The van der Waals surface area contributed by atoms with Crippen LogP contribution in [0.4, 0.5) is 10.1 Å². The van der Waals surface area contributed by atoms with E-state index in [1.54, 1.807) is 18.7 Å². The predicted molar refractivity (Wildman–Crippen MR) is 80.8 cm³/mol. The fraction of sp³-hybridized carbons (Fsp3) is 0.538. The number of halogens is 1. The van der Waals surface area contributed by atoms with Gasteiger partial charge in [0, 0.05) is 24.1 Å². The first kappa shape index (κ1) is 15.6. The highest BCUT2D eigenvalue weighted by Gasteiger charge is 2.31. The molecule has 1 aliphatic heterocycles. The quantitative estimate of drug-likeness (QED) is 0.868. The Hall–Kier alpha value is -0.790. The molecule has 0 aromatic heterocycles. The van der Waals surface area contributed by atoms with Gasteiger partial charge in [0.2, 0.25) is 10.0 Å². The highest BCUT2D eigenvalue weighted by Crippen LogP contribution is 2.29. The zero-order valence-corrected chi connectivity index (χ0v) is 13.2. The van der Waals surface area contributed by atoms with Gasteiger partial charge in [0.15, 0.2) is 0 Å². The van der Waals surface area contributed by atoms with Crippen molar-refractivity contribution in [2.75, 3.05) is 24.6 Å². The molecule has 1 unspecified atom stereocenters. The number of hydrogen-bond acceptors (Lipinski definition) is 4. The molecule has 0 saturated carbocycles. The molecule has 2 N–H and O–H groups in total. The maximum atomic E-state index is 13.4. The molecule has 7 heteroatoms. The summed E-state index contributed by atoms with van der Waals surface area (Å²) in [5.74, 6) is 0.204. The predicted octanol–water partition coefficient (Wildman–Crippen LogP) is 2.23. The Morgan fingerprint density at radius 2 is 2.20 bits per heavy atom. The van der Waals surface area contributed by atoms with E-state index >= 15 is 0 Å². The third-order valence-electron chi connectivity index (χ3n) is 3.47. The highest BCUT2D eigenvalue weighted by atomic mass is 32.2. The number of hydrogen-bond donors (Lipinski definition) is 1. The van der Waals surface area contributed by atoms with Gasteiger partial charge in [0.05, 0.1) is 10.6 Å². The molecule has 0 spiro atoms. The van der Waals surface area contributed by atoms with Crippen LogP contribution in [0.1, 0.15) is 18.9 Å². The molecule has 20 heavy (non-hydrogen) atoms. The molecule has 1 atom stereocenters. The molecule has 1 aliphatic rings. The number of nitrogen functional groups attached to an aromatic ring is 1. The smallest absolute Gasteiger partial charge is 0.243 e. The van der Waals surface area contributed by atoms with Crippen LogP contribution >= 0.6 is 11.8 Å². The van der Waals surface area contributed by atoms with Crippen molar-refractivity contribution in [3.8, 4) is 0 Å². The van der Waals surface area contributed by atoms with E-state index in [0.29, 0.717) is 23.9 Å². The average molecular weight is 318 g/mol. The largest absolute Gasteiger partial charge is 0.396 e. The van der Waals surface area contributed by atoms with Gasteiger partial charge in [0.1, 0.15) is 5.82 Å². The molecule has 0 aliphatic carbocycles. The van der Waals surface area contributed by atoms with Crippen LogP contribution in [0.2, 0.25) is 0 Å². The molecule has 4 nitrogen and oxygen atoms in total. The number of benzene rings is 1. The van der Waals surface area contributed by atoms with Crippen LogP contribution in [-0.2, 0) is 10.0 Å². The lowest BCUT2D eigenvalue weighted by atomic mass is 10.2. The summed E-state index contributed by atoms with van der Waals surface area (Å²) in [6.45, 7) is 4.63. The van der Waals surface area contributed by atoms with E-state index in [4.69, 9.17) is 5.73 Å². The van der Waals surface area contributed by atoms with Gasteiger partial charge in [0.25, 0.3) is 0 Å². The first-order valence-corrected chi connectivity index (χ1v) is 9.02. The molecule has 1 saturated heterocycles. The van der Waals surface area contributed by atoms with E-state index in [9.17, 15) is 12.8 Å². The standard InChI is InChI=1S/C13H19FN2O2S2/c1-3-10-8-16(4-5-19-10)20(17,18)13-7-12(15)11(14)6-9(13)2/h6-7,10H,3-5,8,15H2,1-2H3.